The molecule has 0 atom stereocenters. The van der Waals surface area contributed by atoms with Crippen LogP contribution in [0.2, 0.25) is 0 Å². The number of rotatable bonds is 4. The van der Waals surface area contributed by atoms with E-state index in [0.29, 0.717) is 11.6 Å². The van der Waals surface area contributed by atoms with Crippen LogP contribution in [0.3, 0.4) is 0 Å². The Hall–Kier alpha value is -1.35. The van der Waals surface area contributed by atoms with E-state index < -0.39 is 5.97 Å². The fraction of sp³-hybridized carbons (Fsp3) is 0.462. The zero-order chi connectivity index (χ0) is 11.5. The van der Waals surface area contributed by atoms with Gasteiger partial charge in [-0.25, -0.2) is 4.79 Å². The lowest BCUT2D eigenvalue weighted by Crippen LogP contribution is -2.34. The summed E-state index contributed by atoms with van der Waals surface area (Å²) in [6.07, 6.45) is 3.87. The SMILES string of the molecule is Cc1cc(CNC2CCC2)ccc1C(=O)O. The summed E-state index contributed by atoms with van der Waals surface area (Å²) in [6, 6.07) is 6.20. The van der Waals surface area contributed by atoms with E-state index in [0.717, 1.165) is 17.7 Å². The van der Waals surface area contributed by atoms with Crippen molar-refractivity contribution in [2.24, 2.45) is 0 Å². The topological polar surface area (TPSA) is 49.3 Å². The Morgan fingerprint density at radius 2 is 2.25 bits per heavy atom. The molecule has 0 aliphatic heterocycles. The molecular weight excluding hydrogens is 202 g/mol. The van der Waals surface area contributed by atoms with E-state index >= 15 is 0 Å². The third-order valence-corrected chi connectivity index (χ3v) is 3.22. The lowest BCUT2D eigenvalue weighted by Gasteiger charge is -2.26. The molecule has 0 amide bonds. The van der Waals surface area contributed by atoms with Crippen LogP contribution in [0.5, 0.6) is 0 Å². The Bertz CT molecular complexity index is 397. The summed E-state index contributed by atoms with van der Waals surface area (Å²) in [6.45, 7) is 2.68. The maximum absolute atomic E-state index is 10.8. The fourth-order valence-corrected chi connectivity index (χ4v) is 1.95. The Morgan fingerprint density at radius 3 is 2.75 bits per heavy atom. The number of carboxylic acids is 1. The van der Waals surface area contributed by atoms with Crippen molar-refractivity contribution in [2.75, 3.05) is 0 Å². The molecule has 3 nitrogen and oxygen atoms in total. The fourth-order valence-electron chi connectivity index (χ4n) is 1.95. The Labute approximate surface area is 95.5 Å². The number of hydrogen-bond acceptors (Lipinski definition) is 2. The predicted octanol–water partition coefficient (Wildman–Crippen LogP) is 2.34. The summed E-state index contributed by atoms with van der Waals surface area (Å²) in [5.41, 5.74) is 2.39. The minimum Gasteiger partial charge on any atom is -0.478 e. The van der Waals surface area contributed by atoms with E-state index in [4.69, 9.17) is 5.11 Å². The molecule has 3 heteroatoms. The van der Waals surface area contributed by atoms with Crippen LogP contribution < -0.4 is 5.32 Å². The number of aryl methyl sites for hydroxylation is 1. The monoisotopic (exact) mass is 219 g/mol. The van der Waals surface area contributed by atoms with Crippen molar-refractivity contribution in [2.45, 2.75) is 38.8 Å². The quantitative estimate of drug-likeness (QED) is 0.817. The van der Waals surface area contributed by atoms with E-state index in [1.807, 2.05) is 19.1 Å². The van der Waals surface area contributed by atoms with Gasteiger partial charge in [-0.3, -0.25) is 0 Å². The molecule has 1 aromatic rings. The highest BCUT2D eigenvalue weighted by Crippen LogP contribution is 2.19. The van der Waals surface area contributed by atoms with E-state index in [1.54, 1.807) is 6.07 Å². The molecule has 0 unspecified atom stereocenters. The molecule has 0 heterocycles. The van der Waals surface area contributed by atoms with Gasteiger partial charge >= 0.3 is 5.97 Å². The van der Waals surface area contributed by atoms with Crippen LogP contribution in [0.4, 0.5) is 0 Å². The largest absolute Gasteiger partial charge is 0.478 e. The van der Waals surface area contributed by atoms with Crippen molar-refractivity contribution in [3.63, 3.8) is 0 Å². The van der Waals surface area contributed by atoms with Gasteiger partial charge in [0, 0.05) is 12.6 Å². The highest BCUT2D eigenvalue weighted by atomic mass is 16.4. The molecule has 1 aromatic carbocycles. The molecule has 2 N–H and O–H groups in total. The molecule has 0 spiro atoms. The number of aromatic carboxylic acids is 1. The highest BCUT2D eigenvalue weighted by molar-refractivity contribution is 5.89. The zero-order valence-corrected chi connectivity index (χ0v) is 9.49. The van der Waals surface area contributed by atoms with Crippen LogP contribution in [0.15, 0.2) is 18.2 Å². The number of carbonyl (C=O) groups is 1. The van der Waals surface area contributed by atoms with Crippen LogP contribution >= 0.6 is 0 Å². The second-order valence-electron chi connectivity index (χ2n) is 4.46. The average molecular weight is 219 g/mol. The van der Waals surface area contributed by atoms with Gasteiger partial charge in [-0.2, -0.15) is 0 Å². The predicted molar refractivity (Wildman–Crippen MR) is 62.6 cm³/mol. The third-order valence-electron chi connectivity index (χ3n) is 3.22. The van der Waals surface area contributed by atoms with Gasteiger partial charge in [0.25, 0.3) is 0 Å². The number of nitrogens with one attached hydrogen (secondary N) is 1. The second-order valence-corrected chi connectivity index (χ2v) is 4.46. The number of hydrogen-bond donors (Lipinski definition) is 2. The molecule has 16 heavy (non-hydrogen) atoms. The summed E-state index contributed by atoms with van der Waals surface area (Å²) in [5, 5.41) is 12.4. The van der Waals surface area contributed by atoms with Crippen LogP contribution in [0, 0.1) is 6.92 Å². The van der Waals surface area contributed by atoms with Crippen molar-refractivity contribution in [1.82, 2.24) is 5.32 Å². The van der Waals surface area contributed by atoms with Gasteiger partial charge in [0.1, 0.15) is 0 Å². The van der Waals surface area contributed by atoms with Crippen LogP contribution in [-0.2, 0) is 6.54 Å². The van der Waals surface area contributed by atoms with Gasteiger partial charge in [0.2, 0.25) is 0 Å². The van der Waals surface area contributed by atoms with Crippen LogP contribution in [0.25, 0.3) is 0 Å². The lowest BCUT2D eigenvalue weighted by atomic mass is 9.93. The molecule has 0 aromatic heterocycles. The average Bonchev–Trinajstić information content (AvgIpc) is 2.14. The number of benzene rings is 1. The normalized spacial score (nSPS) is 15.8. The summed E-state index contributed by atoms with van der Waals surface area (Å²) in [5.74, 6) is -0.851. The Morgan fingerprint density at radius 1 is 1.50 bits per heavy atom. The van der Waals surface area contributed by atoms with E-state index in [9.17, 15) is 4.79 Å². The minimum atomic E-state index is -0.851. The third kappa shape index (κ3) is 2.42. The molecule has 0 radical (unpaired) electrons. The minimum absolute atomic E-state index is 0.396. The van der Waals surface area contributed by atoms with Crippen molar-refractivity contribution in [3.05, 3.63) is 34.9 Å². The van der Waals surface area contributed by atoms with Crippen molar-refractivity contribution < 1.29 is 9.90 Å². The first kappa shape index (κ1) is 11.1. The van der Waals surface area contributed by atoms with Crippen molar-refractivity contribution in [1.29, 1.82) is 0 Å². The van der Waals surface area contributed by atoms with Gasteiger partial charge in [-0.15, -0.1) is 0 Å². The number of carboxylic acid groups (broad SMARTS) is 1. The molecule has 1 aliphatic rings. The Kier molecular flexibility index (Phi) is 3.25. The molecule has 1 aliphatic carbocycles. The standard InChI is InChI=1S/C13H17NO2/c1-9-7-10(5-6-12(9)13(15)16)8-14-11-3-2-4-11/h5-7,11,14H,2-4,8H2,1H3,(H,15,16). The Balaban J connectivity index is 1.99. The summed E-state index contributed by atoms with van der Waals surface area (Å²) in [7, 11) is 0. The first-order chi connectivity index (χ1) is 7.66. The van der Waals surface area contributed by atoms with Gasteiger partial charge in [0.15, 0.2) is 0 Å². The molecular formula is C13H17NO2. The molecule has 2 rings (SSSR count). The summed E-state index contributed by atoms with van der Waals surface area (Å²) < 4.78 is 0. The van der Waals surface area contributed by atoms with Crippen molar-refractivity contribution in [3.8, 4) is 0 Å². The van der Waals surface area contributed by atoms with Gasteiger partial charge in [-0.1, -0.05) is 18.6 Å². The van der Waals surface area contributed by atoms with E-state index in [1.165, 1.54) is 19.3 Å². The van der Waals surface area contributed by atoms with E-state index in [2.05, 4.69) is 5.32 Å². The second kappa shape index (κ2) is 4.66. The molecule has 0 saturated heterocycles. The zero-order valence-electron chi connectivity index (χ0n) is 9.49. The van der Waals surface area contributed by atoms with Crippen molar-refractivity contribution >= 4 is 5.97 Å². The van der Waals surface area contributed by atoms with E-state index in [-0.39, 0.29) is 0 Å². The van der Waals surface area contributed by atoms with Crippen LogP contribution in [0.1, 0.15) is 40.7 Å². The summed E-state index contributed by atoms with van der Waals surface area (Å²) >= 11 is 0. The maximum atomic E-state index is 10.8. The van der Waals surface area contributed by atoms with Crippen LogP contribution in [-0.4, -0.2) is 17.1 Å². The molecule has 86 valence electrons. The lowest BCUT2D eigenvalue weighted by molar-refractivity contribution is 0.0696. The highest BCUT2D eigenvalue weighted by Gasteiger charge is 2.16. The first-order valence-corrected chi connectivity index (χ1v) is 5.73. The first-order valence-electron chi connectivity index (χ1n) is 5.73. The maximum Gasteiger partial charge on any atom is 0.335 e. The molecule has 0 bridgehead atoms. The van der Waals surface area contributed by atoms with Gasteiger partial charge < -0.3 is 10.4 Å². The smallest absolute Gasteiger partial charge is 0.335 e. The van der Waals surface area contributed by atoms with Gasteiger partial charge in [0.05, 0.1) is 5.56 Å². The molecule has 1 saturated carbocycles. The molecule has 1 fully saturated rings. The summed E-state index contributed by atoms with van der Waals surface area (Å²) in [4.78, 5) is 10.8. The van der Waals surface area contributed by atoms with Gasteiger partial charge in [-0.05, 0) is 37.0 Å².